The quantitative estimate of drug-likeness (QED) is 0.408. The van der Waals surface area contributed by atoms with Gasteiger partial charge in [0.25, 0.3) is 5.91 Å². The standard InChI is InChI=1S/C18H15F3N4OS/c1-25-15-9-5-4-8-14(15)23-17(25)27-11-16(26)24-22-10-12-6-2-3-7-13(12)18(19,20)21/h2-10H,11H2,1H3,(H,24,26)/b22-10-. The van der Waals surface area contributed by atoms with Crippen molar-refractivity contribution in [3.05, 3.63) is 59.7 Å². The highest BCUT2D eigenvalue weighted by molar-refractivity contribution is 7.99. The Balaban J connectivity index is 1.60. The number of hydrogen-bond donors (Lipinski definition) is 1. The van der Waals surface area contributed by atoms with E-state index in [1.165, 1.54) is 30.0 Å². The molecule has 0 saturated carbocycles. The summed E-state index contributed by atoms with van der Waals surface area (Å²) in [6.07, 6.45) is -3.50. The summed E-state index contributed by atoms with van der Waals surface area (Å²) in [7, 11) is 1.85. The van der Waals surface area contributed by atoms with Crippen molar-refractivity contribution in [2.75, 3.05) is 5.75 Å². The lowest BCUT2D eigenvalue weighted by Crippen LogP contribution is -2.20. The van der Waals surface area contributed by atoms with Crippen molar-refractivity contribution in [2.24, 2.45) is 12.1 Å². The first kappa shape index (κ1) is 19.0. The highest BCUT2D eigenvalue weighted by Gasteiger charge is 2.32. The largest absolute Gasteiger partial charge is 0.417 e. The van der Waals surface area contributed by atoms with Crippen LogP contribution in [0.4, 0.5) is 13.2 Å². The third kappa shape index (κ3) is 4.48. The van der Waals surface area contributed by atoms with Gasteiger partial charge >= 0.3 is 6.18 Å². The number of hydrogen-bond acceptors (Lipinski definition) is 4. The second-order valence-corrected chi connectivity index (χ2v) is 6.55. The molecule has 0 saturated heterocycles. The molecule has 3 rings (SSSR count). The molecule has 0 bridgehead atoms. The van der Waals surface area contributed by atoms with Crippen molar-refractivity contribution in [1.29, 1.82) is 0 Å². The lowest BCUT2D eigenvalue weighted by molar-refractivity contribution is -0.137. The molecule has 0 aliphatic carbocycles. The number of nitrogens with one attached hydrogen (secondary N) is 1. The molecule has 140 valence electrons. The van der Waals surface area contributed by atoms with Crippen LogP contribution in [-0.4, -0.2) is 27.4 Å². The van der Waals surface area contributed by atoms with Crippen molar-refractivity contribution < 1.29 is 18.0 Å². The number of amides is 1. The summed E-state index contributed by atoms with van der Waals surface area (Å²) >= 11 is 1.22. The number of hydrazone groups is 1. The first-order chi connectivity index (χ1) is 12.9. The molecule has 0 fully saturated rings. The van der Waals surface area contributed by atoms with E-state index in [1.54, 1.807) is 0 Å². The Morgan fingerprint density at radius 2 is 1.93 bits per heavy atom. The fourth-order valence-electron chi connectivity index (χ4n) is 2.46. The summed E-state index contributed by atoms with van der Waals surface area (Å²) in [6, 6.07) is 12.6. The van der Waals surface area contributed by atoms with Crippen LogP contribution < -0.4 is 5.43 Å². The summed E-state index contributed by atoms with van der Waals surface area (Å²) in [5, 5.41) is 4.29. The van der Waals surface area contributed by atoms with E-state index in [2.05, 4.69) is 15.5 Å². The molecular formula is C18H15F3N4OS. The van der Waals surface area contributed by atoms with Gasteiger partial charge in [-0.2, -0.15) is 18.3 Å². The molecule has 1 N–H and O–H groups in total. The van der Waals surface area contributed by atoms with Gasteiger partial charge in [-0.05, 0) is 18.2 Å². The molecule has 0 aliphatic rings. The topological polar surface area (TPSA) is 59.3 Å². The zero-order valence-electron chi connectivity index (χ0n) is 14.2. The van der Waals surface area contributed by atoms with Gasteiger partial charge in [-0.3, -0.25) is 4.79 Å². The lowest BCUT2D eigenvalue weighted by Gasteiger charge is -2.09. The van der Waals surface area contributed by atoms with Crippen LogP contribution in [0.3, 0.4) is 0 Å². The van der Waals surface area contributed by atoms with Gasteiger partial charge in [0.15, 0.2) is 5.16 Å². The van der Waals surface area contributed by atoms with E-state index in [1.807, 2.05) is 35.9 Å². The third-order valence-electron chi connectivity index (χ3n) is 3.74. The van der Waals surface area contributed by atoms with Crippen LogP contribution in [0.1, 0.15) is 11.1 Å². The molecule has 0 radical (unpaired) electrons. The summed E-state index contributed by atoms with van der Waals surface area (Å²) in [4.78, 5) is 16.3. The van der Waals surface area contributed by atoms with Gasteiger partial charge in [-0.1, -0.05) is 42.1 Å². The van der Waals surface area contributed by atoms with Crippen molar-refractivity contribution in [3.8, 4) is 0 Å². The van der Waals surface area contributed by atoms with Gasteiger partial charge in [-0.15, -0.1) is 0 Å². The maximum atomic E-state index is 12.9. The van der Waals surface area contributed by atoms with E-state index in [4.69, 9.17) is 0 Å². The second-order valence-electron chi connectivity index (χ2n) is 5.61. The number of rotatable bonds is 5. The molecular weight excluding hydrogens is 377 g/mol. The monoisotopic (exact) mass is 392 g/mol. The summed E-state index contributed by atoms with van der Waals surface area (Å²) in [5.74, 6) is -0.400. The predicted molar refractivity (Wildman–Crippen MR) is 98.6 cm³/mol. The maximum Gasteiger partial charge on any atom is 0.417 e. The minimum atomic E-state index is -4.48. The highest BCUT2D eigenvalue weighted by Crippen LogP contribution is 2.31. The SMILES string of the molecule is Cn1c(SCC(=O)N/N=C\c2ccccc2C(F)(F)F)nc2ccccc21. The predicted octanol–water partition coefficient (Wildman–Crippen LogP) is 3.83. The van der Waals surface area contributed by atoms with Crippen molar-refractivity contribution in [1.82, 2.24) is 15.0 Å². The number of fused-ring (bicyclic) bond motifs is 1. The van der Waals surface area contributed by atoms with Gasteiger partial charge in [0, 0.05) is 12.6 Å². The molecule has 9 heteroatoms. The van der Waals surface area contributed by atoms with Crippen molar-refractivity contribution >= 4 is 34.9 Å². The number of halogens is 3. The normalized spacial score (nSPS) is 12.0. The molecule has 5 nitrogen and oxygen atoms in total. The second kappa shape index (κ2) is 7.83. The first-order valence-corrected chi connectivity index (χ1v) is 8.87. The number of aromatic nitrogens is 2. The Bertz CT molecular complexity index is 998. The number of nitrogens with zero attached hydrogens (tertiary/aromatic N) is 3. The Morgan fingerprint density at radius 1 is 1.22 bits per heavy atom. The van der Waals surface area contributed by atoms with Crippen LogP contribution in [0.5, 0.6) is 0 Å². The van der Waals surface area contributed by atoms with Gasteiger partial charge in [-0.25, -0.2) is 10.4 Å². The Labute approximate surface area is 157 Å². The van der Waals surface area contributed by atoms with Crippen LogP contribution in [0.25, 0.3) is 11.0 Å². The molecule has 0 spiro atoms. The van der Waals surface area contributed by atoms with E-state index in [0.29, 0.717) is 5.16 Å². The molecule has 0 unspecified atom stereocenters. The number of thioether (sulfide) groups is 1. The first-order valence-electron chi connectivity index (χ1n) is 7.88. The van der Waals surface area contributed by atoms with E-state index in [9.17, 15) is 18.0 Å². The zero-order chi connectivity index (χ0) is 19.4. The minimum absolute atomic E-state index is 0.0371. The lowest BCUT2D eigenvalue weighted by atomic mass is 10.1. The molecule has 1 amide bonds. The van der Waals surface area contributed by atoms with Crippen molar-refractivity contribution in [3.63, 3.8) is 0 Å². The molecule has 0 atom stereocenters. The van der Waals surface area contributed by atoms with E-state index >= 15 is 0 Å². The van der Waals surface area contributed by atoms with Crippen LogP contribution >= 0.6 is 11.8 Å². The number of alkyl halides is 3. The van der Waals surface area contributed by atoms with Gasteiger partial charge in [0.1, 0.15) is 0 Å². The molecule has 1 aromatic heterocycles. The highest BCUT2D eigenvalue weighted by atomic mass is 32.2. The van der Waals surface area contributed by atoms with Crippen molar-refractivity contribution in [2.45, 2.75) is 11.3 Å². The Kier molecular flexibility index (Phi) is 5.50. The molecule has 2 aromatic carbocycles. The van der Waals surface area contributed by atoms with E-state index in [-0.39, 0.29) is 11.3 Å². The Morgan fingerprint density at radius 3 is 2.67 bits per heavy atom. The number of carbonyl (C=O) groups is 1. The average Bonchev–Trinajstić information content (AvgIpc) is 2.96. The van der Waals surface area contributed by atoms with Gasteiger partial charge in [0.05, 0.1) is 28.6 Å². The Hall–Kier alpha value is -2.81. The molecule has 3 aromatic rings. The smallest absolute Gasteiger partial charge is 0.322 e. The fourth-order valence-corrected chi connectivity index (χ4v) is 3.24. The third-order valence-corrected chi connectivity index (χ3v) is 4.77. The molecule has 27 heavy (non-hydrogen) atoms. The number of imidazole rings is 1. The number of aryl methyl sites for hydroxylation is 1. The van der Waals surface area contributed by atoms with Crippen LogP contribution in [0, 0.1) is 0 Å². The van der Waals surface area contributed by atoms with E-state index in [0.717, 1.165) is 23.3 Å². The van der Waals surface area contributed by atoms with Crippen LogP contribution in [-0.2, 0) is 18.0 Å². The summed E-state index contributed by atoms with van der Waals surface area (Å²) in [5.41, 5.74) is 3.08. The van der Waals surface area contributed by atoms with Gasteiger partial charge in [0.2, 0.25) is 0 Å². The van der Waals surface area contributed by atoms with Crippen LogP contribution in [0.2, 0.25) is 0 Å². The minimum Gasteiger partial charge on any atom is -0.322 e. The summed E-state index contributed by atoms with van der Waals surface area (Å²) < 4.78 is 40.6. The van der Waals surface area contributed by atoms with Gasteiger partial charge < -0.3 is 4.57 Å². The number of benzene rings is 2. The van der Waals surface area contributed by atoms with Crippen LogP contribution in [0.15, 0.2) is 58.8 Å². The fraction of sp³-hybridized carbons (Fsp3) is 0.167. The number of carbonyl (C=O) groups excluding carboxylic acids is 1. The zero-order valence-corrected chi connectivity index (χ0v) is 15.0. The number of para-hydroxylation sites is 2. The summed E-state index contributed by atoms with van der Waals surface area (Å²) in [6.45, 7) is 0. The molecule has 0 aliphatic heterocycles. The average molecular weight is 392 g/mol. The van der Waals surface area contributed by atoms with E-state index < -0.39 is 17.6 Å². The molecule has 1 heterocycles. The maximum absolute atomic E-state index is 12.9.